The highest BCUT2D eigenvalue weighted by Gasteiger charge is 1.96. The summed E-state index contributed by atoms with van der Waals surface area (Å²) in [6, 6.07) is 0. The minimum atomic E-state index is 0. The number of hydrogen-bond donors (Lipinski definition) is 2. The molecule has 116 valence electrons. The fraction of sp³-hybridized carbons (Fsp3) is 0.923. The van der Waals surface area contributed by atoms with Gasteiger partial charge in [-0.05, 0) is 44.1 Å². The van der Waals surface area contributed by atoms with E-state index in [2.05, 4.69) is 21.9 Å². The maximum absolute atomic E-state index is 5.02. The van der Waals surface area contributed by atoms with Gasteiger partial charge in [0.15, 0.2) is 5.96 Å². The summed E-state index contributed by atoms with van der Waals surface area (Å²) in [5.74, 6) is 2.17. The second-order valence-corrected chi connectivity index (χ2v) is 5.16. The molecule has 2 N–H and O–H groups in total. The van der Waals surface area contributed by atoms with Crippen molar-refractivity contribution in [3.8, 4) is 0 Å². The Balaban J connectivity index is 0. The van der Waals surface area contributed by atoms with Crippen molar-refractivity contribution in [1.29, 1.82) is 0 Å². The molecular formula is C13H30IN3OS. The fourth-order valence-corrected chi connectivity index (χ4v) is 2.05. The van der Waals surface area contributed by atoms with E-state index in [4.69, 9.17) is 4.74 Å². The van der Waals surface area contributed by atoms with Crippen molar-refractivity contribution in [2.45, 2.75) is 32.1 Å². The van der Waals surface area contributed by atoms with Crippen molar-refractivity contribution in [1.82, 2.24) is 10.6 Å². The van der Waals surface area contributed by atoms with Crippen LogP contribution in [0.1, 0.15) is 32.1 Å². The van der Waals surface area contributed by atoms with Gasteiger partial charge in [0, 0.05) is 33.9 Å². The summed E-state index contributed by atoms with van der Waals surface area (Å²) in [6.45, 7) is 2.85. The van der Waals surface area contributed by atoms with E-state index in [1.54, 1.807) is 7.11 Å². The molecule has 0 spiro atoms. The molecule has 0 aliphatic heterocycles. The molecular weight excluding hydrogens is 373 g/mol. The largest absolute Gasteiger partial charge is 0.385 e. The zero-order valence-electron chi connectivity index (χ0n) is 12.5. The van der Waals surface area contributed by atoms with Gasteiger partial charge in [0.2, 0.25) is 0 Å². The molecule has 19 heavy (non-hydrogen) atoms. The Labute approximate surface area is 139 Å². The average molecular weight is 403 g/mol. The third-order valence-electron chi connectivity index (χ3n) is 2.61. The Kier molecular flexibility index (Phi) is 20.8. The summed E-state index contributed by atoms with van der Waals surface area (Å²) in [6.07, 6.45) is 8.12. The number of methoxy groups -OCH3 is 1. The van der Waals surface area contributed by atoms with Gasteiger partial charge in [-0.2, -0.15) is 11.8 Å². The lowest BCUT2D eigenvalue weighted by Crippen LogP contribution is -2.38. The van der Waals surface area contributed by atoms with E-state index in [1.807, 2.05) is 18.8 Å². The second-order valence-electron chi connectivity index (χ2n) is 4.18. The molecule has 0 radical (unpaired) electrons. The number of hydrogen-bond acceptors (Lipinski definition) is 3. The number of rotatable bonds is 11. The Bertz CT molecular complexity index is 206. The molecule has 0 bridgehead atoms. The van der Waals surface area contributed by atoms with Gasteiger partial charge in [0.25, 0.3) is 0 Å². The van der Waals surface area contributed by atoms with Crippen LogP contribution in [-0.4, -0.2) is 51.8 Å². The van der Waals surface area contributed by atoms with E-state index >= 15 is 0 Å². The first kappa shape index (κ1) is 21.6. The lowest BCUT2D eigenvalue weighted by molar-refractivity contribution is 0.192. The summed E-state index contributed by atoms with van der Waals surface area (Å²) in [4.78, 5) is 4.20. The molecule has 0 rings (SSSR count). The highest BCUT2D eigenvalue weighted by atomic mass is 127. The van der Waals surface area contributed by atoms with E-state index in [9.17, 15) is 0 Å². The molecule has 0 aromatic rings. The fourth-order valence-electron chi connectivity index (χ4n) is 1.55. The van der Waals surface area contributed by atoms with Crippen molar-refractivity contribution in [2.75, 3.05) is 45.9 Å². The van der Waals surface area contributed by atoms with Crippen LogP contribution in [0.2, 0.25) is 0 Å². The molecule has 4 nitrogen and oxygen atoms in total. The van der Waals surface area contributed by atoms with Crippen LogP contribution in [0, 0.1) is 0 Å². The first-order chi connectivity index (χ1) is 8.85. The van der Waals surface area contributed by atoms with Crippen LogP contribution in [0.3, 0.4) is 0 Å². The summed E-state index contributed by atoms with van der Waals surface area (Å²) in [7, 11) is 3.57. The van der Waals surface area contributed by atoms with E-state index in [0.29, 0.717) is 0 Å². The van der Waals surface area contributed by atoms with Crippen molar-refractivity contribution in [3.63, 3.8) is 0 Å². The zero-order valence-corrected chi connectivity index (χ0v) is 15.7. The van der Waals surface area contributed by atoms with Gasteiger partial charge in [0.05, 0.1) is 0 Å². The van der Waals surface area contributed by atoms with Gasteiger partial charge in [-0.25, -0.2) is 0 Å². The molecule has 6 heteroatoms. The van der Waals surface area contributed by atoms with Crippen LogP contribution in [0.25, 0.3) is 0 Å². The predicted octanol–water partition coefficient (Wildman–Crippen LogP) is 2.73. The van der Waals surface area contributed by atoms with Crippen LogP contribution in [0.4, 0.5) is 0 Å². The molecule has 0 unspecified atom stereocenters. The Morgan fingerprint density at radius 2 is 1.68 bits per heavy atom. The number of unbranched alkanes of at least 4 members (excludes halogenated alkanes) is 3. The summed E-state index contributed by atoms with van der Waals surface area (Å²) in [5.41, 5.74) is 0. The van der Waals surface area contributed by atoms with Crippen molar-refractivity contribution in [3.05, 3.63) is 0 Å². The Morgan fingerprint density at radius 1 is 1.05 bits per heavy atom. The summed E-state index contributed by atoms with van der Waals surface area (Å²) in [5, 5.41) is 6.67. The molecule has 0 aliphatic rings. The number of ether oxygens (including phenoxy) is 1. The zero-order chi connectivity index (χ0) is 13.5. The lowest BCUT2D eigenvalue weighted by atomic mass is 10.2. The van der Waals surface area contributed by atoms with E-state index in [1.165, 1.54) is 25.0 Å². The predicted molar refractivity (Wildman–Crippen MR) is 98.1 cm³/mol. The van der Waals surface area contributed by atoms with Gasteiger partial charge < -0.3 is 15.4 Å². The van der Waals surface area contributed by atoms with Crippen LogP contribution in [-0.2, 0) is 4.74 Å². The van der Waals surface area contributed by atoms with E-state index < -0.39 is 0 Å². The topological polar surface area (TPSA) is 45.7 Å². The molecule has 0 aromatic heterocycles. The Hall–Kier alpha value is 0.310. The molecule has 0 heterocycles. The van der Waals surface area contributed by atoms with Gasteiger partial charge in [-0.1, -0.05) is 0 Å². The highest BCUT2D eigenvalue weighted by molar-refractivity contribution is 14.0. The van der Waals surface area contributed by atoms with Crippen LogP contribution >= 0.6 is 35.7 Å². The molecule has 0 atom stereocenters. The molecule has 0 aromatic carbocycles. The average Bonchev–Trinajstić information content (AvgIpc) is 2.40. The molecule has 0 aliphatic carbocycles. The number of aliphatic imine (C=N–C) groups is 1. The first-order valence-corrected chi connectivity index (χ1v) is 8.17. The van der Waals surface area contributed by atoms with Crippen LogP contribution in [0.15, 0.2) is 4.99 Å². The van der Waals surface area contributed by atoms with Gasteiger partial charge >= 0.3 is 0 Å². The molecule has 0 saturated heterocycles. The monoisotopic (exact) mass is 403 g/mol. The maximum Gasteiger partial charge on any atom is 0.190 e. The first-order valence-electron chi connectivity index (χ1n) is 6.77. The quantitative estimate of drug-likeness (QED) is 0.241. The molecule has 0 saturated carbocycles. The lowest BCUT2D eigenvalue weighted by Gasteiger charge is -2.11. The van der Waals surface area contributed by atoms with Gasteiger partial charge in [-0.3, -0.25) is 4.99 Å². The van der Waals surface area contributed by atoms with Crippen molar-refractivity contribution < 1.29 is 4.74 Å². The highest BCUT2D eigenvalue weighted by Crippen LogP contribution is 1.97. The van der Waals surface area contributed by atoms with Crippen LogP contribution in [0.5, 0.6) is 0 Å². The van der Waals surface area contributed by atoms with E-state index in [-0.39, 0.29) is 24.0 Å². The number of nitrogens with one attached hydrogen (secondary N) is 2. The minimum absolute atomic E-state index is 0. The number of halogens is 1. The normalized spacial score (nSPS) is 11.0. The summed E-state index contributed by atoms with van der Waals surface area (Å²) < 4.78 is 5.02. The smallest absolute Gasteiger partial charge is 0.190 e. The van der Waals surface area contributed by atoms with Crippen molar-refractivity contribution in [2.24, 2.45) is 4.99 Å². The van der Waals surface area contributed by atoms with Gasteiger partial charge in [-0.15, -0.1) is 24.0 Å². The van der Waals surface area contributed by atoms with Crippen molar-refractivity contribution >= 4 is 41.7 Å². The number of guanidine groups is 1. The third-order valence-corrected chi connectivity index (χ3v) is 3.31. The SMILES string of the molecule is CN=C(NCCCCCOC)NCCCCSC.I. The van der Waals surface area contributed by atoms with Gasteiger partial charge in [0.1, 0.15) is 0 Å². The van der Waals surface area contributed by atoms with Crippen LogP contribution < -0.4 is 10.6 Å². The number of nitrogens with zero attached hydrogens (tertiary/aromatic N) is 1. The standard InChI is InChI=1S/C13H29N3OS.HI/c1-14-13(16-10-6-8-12-18-3)15-9-5-4-7-11-17-2;/h4-12H2,1-3H3,(H2,14,15,16);1H. The number of thioether (sulfide) groups is 1. The second kappa shape index (κ2) is 18.3. The summed E-state index contributed by atoms with van der Waals surface area (Å²) >= 11 is 1.91. The minimum Gasteiger partial charge on any atom is -0.385 e. The Morgan fingerprint density at radius 3 is 2.21 bits per heavy atom. The maximum atomic E-state index is 5.02. The third kappa shape index (κ3) is 16.3. The molecule has 0 amide bonds. The molecule has 0 fully saturated rings. The van der Waals surface area contributed by atoms with E-state index in [0.717, 1.165) is 38.5 Å².